The molecule has 9 unspecified atom stereocenters. The lowest BCUT2D eigenvalue weighted by Crippen LogP contribution is -2.64. The van der Waals surface area contributed by atoms with Crippen LogP contribution in [0.5, 0.6) is 0 Å². The summed E-state index contributed by atoms with van der Waals surface area (Å²) >= 11 is 0. The number of carbonyl (C=O) groups is 1. The molecular weight excluding hydrogens is 761 g/mol. The van der Waals surface area contributed by atoms with Gasteiger partial charge in [0.25, 0.3) is 0 Å². The second-order valence-corrected chi connectivity index (χ2v) is 15.4. The molecule has 10 heteroatoms. The summed E-state index contributed by atoms with van der Waals surface area (Å²) in [5.41, 5.74) is 4.94. The Kier molecular flexibility index (Phi) is 16.4. The Morgan fingerprint density at radius 3 is 1.50 bits per heavy atom. The molecule has 2 aliphatic heterocycles. The van der Waals surface area contributed by atoms with E-state index in [0.29, 0.717) is 19.6 Å². The van der Waals surface area contributed by atoms with Crippen molar-refractivity contribution in [2.24, 2.45) is 5.92 Å². The number of esters is 1. The smallest absolute Gasteiger partial charge is 0.302 e. The summed E-state index contributed by atoms with van der Waals surface area (Å²) in [6.07, 6.45) is -5.48. The van der Waals surface area contributed by atoms with Crippen molar-refractivity contribution >= 4 is 5.97 Å². The highest BCUT2D eigenvalue weighted by Gasteiger charge is 2.53. The van der Waals surface area contributed by atoms with Crippen molar-refractivity contribution in [3.8, 4) is 0 Å². The van der Waals surface area contributed by atoms with E-state index in [1.807, 2.05) is 152 Å². The number of aliphatic hydroxyl groups excluding tert-OH is 1. The Hall–Kier alpha value is -4.75. The first-order chi connectivity index (χ1) is 29.5. The van der Waals surface area contributed by atoms with E-state index < -0.39 is 60.7 Å². The van der Waals surface area contributed by atoms with Gasteiger partial charge in [0, 0.05) is 19.3 Å². The first-order valence-electron chi connectivity index (χ1n) is 20.8. The molecule has 316 valence electrons. The maximum Gasteiger partial charge on any atom is 0.302 e. The van der Waals surface area contributed by atoms with Crippen LogP contribution in [0.15, 0.2) is 152 Å². The third-order valence-corrected chi connectivity index (χ3v) is 11.0. The largest absolute Gasteiger partial charge is 0.463 e. The van der Waals surface area contributed by atoms with Crippen molar-refractivity contribution < 1.29 is 47.8 Å². The van der Waals surface area contributed by atoms with E-state index in [0.717, 1.165) is 27.8 Å². The van der Waals surface area contributed by atoms with Gasteiger partial charge in [0.05, 0.1) is 76.8 Å². The van der Waals surface area contributed by atoms with Crippen LogP contribution in [0.3, 0.4) is 0 Å². The molecule has 0 aliphatic carbocycles. The summed E-state index contributed by atoms with van der Waals surface area (Å²) in [6, 6.07) is 49.6. The number of ether oxygens (including phenoxy) is 8. The van der Waals surface area contributed by atoms with E-state index >= 15 is 0 Å². The van der Waals surface area contributed by atoms with Crippen LogP contribution in [0.1, 0.15) is 41.2 Å². The number of rotatable bonds is 20. The molecule has 2 fully saturated rings. The van der Waals surface area contributed by atoms with Gasteiger partial charge in [-0.25, -0.2) is 0 Å². The van der Waals surface area contributed by atoms with Crippen molar-refractivity contribution in [3.63, 3.8) is 0 Å². The molecule has 0 saturated carbocycles. The summed E-state index contributed by atoms with van der Waals surface area (Å²) in [5.74, 6) is -1.17. The van der Waals surface area contributed by atoms with Gasteiger partial charge < -0.3 is 43.0 Å². The van der Waals surface area contributed by atoms with Crippen LogP contribution in [-0.2, 0) is 75.7 Å². The molecule has 2 heterocycles. The minimum Gasteiger partial charge on any atom is -0.463 e. The standard InChI is InChI=1S/C50H56O10/c1-36(51)54-35-45-48(58-31-40-23-13-5-14-24-40)46(44(34-57-45)56-30-39-21-11-4-12-22-39)47(52)50-49(59-32-41-25-15-6-16-26-41)43(55-29-38-19-9-3-10-20-38)27-42(60-50)33-53-28-37-17-7-2-8-18-37/h2-26,42-50,52H,27-35H2,1H3. The summed E-state index contributed by atoms with van der Waals surface area (Å²) in [6.45, 7) is 3.18. The second kappa shape index (κ2) is 22.7. The average Bonchev–Trinajstić information content (AvgIpc) is 3.29. The number of hydrogen-bond donors (Lipinski definition) is 1. The normalized spacial score (nSPS) is 24.7. The van der Waals surface area contributed by atoms with E-state index in [4.69, 9.17) is 37.9 Å². The second-order valence-electron chi connectivity index (χ2n) is 15.4. The van der Waals surface area contributed by atoms with E-state index in [9.17, 15) is 9.90 Å². The number of carbonyl (C=O) groups excluding carboxylic acids is 1. The molecule has 5 aromatic carbocycles. The number of benzene rings is 5. The van der Waals surface area contributed by atoms with Crippen LogP contribution in [0.4, 0.5) is 0 Å². The third-order valence-electron chi connectivity index (χ3n) is 11.0. The molecule has 2 saturated heterocycles. The highest BCUT2D eigenvalue weighted by molar-refractivity contribution is 5.65. The molecule has 5 aromatic rings. The third kappa shape index (κ3) is 12.6. The Bertz CT molecular complexity index is 1950. The molecule has 9 atom stereocenters. The van der Waals surface area contributed by atoms with Gasteiger partial charge in [0.1, 0.15) is 24.9 Å². The van der Waals surface area contributed by atoms with Crippen LogP contribution in [0, 0.1) is 5.92 Å². The molecular formula is C50H56O10. The van der Waals surface area contributed by atoms with E-state index in [1.165, 1.54) is 6.92 Å². The first-order valence-corrected chi connectivity index (χ1v) is 20.8. The maximum absolute atomic E-state index is 13.1. The summed E-state index contributed by atoms with van der Waals surface area (Å²) < 4.78 is 52.2. The zero-order chi connectivity index (χ0) is 41.4. The average molecular weight is 817 g/mol. The highest BCUT2D eigenvalue weighted by Crippen LogP contribution is 2.38. The van der Waals surface area contributed by atoms with Crippen LogP contribution < -0.4 is 0 Å². The minimum atomic E-state index is -1.23. The van der Waals surface area contributed by atoms with Gasteiger partial charge in [0.15, 0.2) is 0 Å². The predicted molar refractivity (Wildman–Crippen MR) is 225 cm³/mol. The lowest BCUT2D eigenvalue weighted by molar-refractivity contribution is -0.275. The zero-order valence-corrected chi connectivity index (χ0v) is 34.1. The molecule has 2 aliphatic rings. The van der Waals surface area contributed by atoms with Gasteiger partial charge in [-0.15, -0.1) is 0 Å². The fourth-order valence-electron chi connectivity index (χ4n) is 7.92. The zero-order valence-electron chi connectivity index (χ0n) is 34.1. The molecule has 0 spiro atoms. The monoisotopic (exact) mass is 816 g/mol. The van der Waals surface area contributed by atoms with Crippen molar-refractivity contribution in [1.29, 1.82) is 0 Å². The van der Waals surface area contributed by atoms with Crippen LogP contribution in [0.25, 0.3) is 0 Å². The fraction of sp³-hybridized carbons (Fsp3) is 0.380. The van der Waals surface area contributed by atoms with Crippen LogP contribution >= 0.6 is 0 Å². The van der Waals surface area contributed by atoms with Crippen molar-refractivity contribution in [2.75, 3.05) is 19.8 Å². The van der Waals surface area contributed by atoms with E-state index in [-0.39, 0.29) is 39.6 Å². The number of aliphatic hydroxyl groups is 1. The molecule has 1 N–H and O–H groups in total. The Labute approximate surface area is 353 Å². The topological polar surface area (TPSA) is 111 Å². The van der Waals surface area contributed by atoms with Gasteiger partial charge in [-0.05, 0) is 27.8 Å². The highest BCUT2D eigenvalue weighted by atomic mass is 16.6. The molecule has 7 rings (SSSR count). The summed E-state index contributed by atoms with van der Waals surface area (Å²) in [7, 11) is 0. The van der Waals surface area contributed by atoms with Crippen molar-refractivity contribution in [1.82, 2.24) is 0 Å². The molecule has 0 aromatic heterocycles. The molecule has 0 bridgehead atoms. The fourth-order valence-corrected chi connectivity index (χ4v) is 7.92. The Morgan fingerprint density at radius 1 is 0.583 bits per heavy atom. The summed E-state index contributed by atoms with van der Waals surface area (Å²) in [5, 5.41) is 13.1. The quantitative estimate of drug-likeness (QED) is 0.0788. The summed E-state index contributed by atoms with van der Waals surface area (Å²) in [4.78, 5) is 12.1. The molecule has 60 heavy (non-hydrogen) atoms. The van der Waals surface area contributed by atoms with E-state index in [2.05, 4.69) is 0 Å². The Balaban J connectivity index is 1.23. The first kappa shape index (κ1) is 43.3. The van der Waals surface area contributed by atoms with Gasteiger partial charge in [-0.2, -0.15) is 0 Å². The van der Waals surface area contributed by atoms with Gasteiger partial charge in [-0.1, -0.05) is 152 Å². The maximum atomic E-state index is 13.1. The lowest BCUT2D eigenvalue weighted by atomic mass is 9.79. The van der Waals surface area contributed by atoms with Gasteiger partial charge >= 0.3 is 5.97 Å². The van der Waals surface area contributed by atoms with Gasteiger partial charge in [0.2, 0.25) is 0 Å². The minimum absolute atomic E-state index is 0.0678. The van der Waals surface area contributed by atoms with Crippen molar-refractivity contribution in [3.05, 3.63) is 179 Å². The molecule has 0 amide bonds. The van der Waals surface area contributed by atoms with Gasteiger partial charge in [-0.3, -0.25) is 4.79 Å². The lowest BCUT2D eigenvalue weighted by Gasteiger charge is -2.49. The van der Waals surface area contributed by atoms with Crippen LogP contribution in [-0.4, -0.2) is 79.7 Å². The van der Waals surface area contributed by atoms with Crippen LogP contribution in [0.2, 0.25) is 0 Å². The predicted octanol–water partition coefficient (Wildman–Crippen LogP) is 7.64. The number of hydrogen-bond acceptors (Lipinski definition) is 10. The molecule has 0 radical (unpaired) electrons. The SMILES string of the molecule is CC(=O)OCC1OCC(OCc2ccccc2)C(C(O)C2OC(COCc3ccccc3)CC(OCc3ccccc3)C2OCc2ccccc2)C1OCc1ccccc1. The van der Waals surface area contributed by atoms with E-state index in [1.54, 1.807) is 0 Å². The van der Waals surface area contributed by atoms with Crippen molar-refractivity contribution in [2.45, 2.75) is 95.2 Å². The Morgan fingerprint density at radius 2 is 1.02 bits per heavy atom. The molecule has 10 nitrogen and oxygen atoms in total.